The zero-order valence-electron chi connectivity index (χ0n) is 12.4. The fraction of sp³-hybridized carbons (Fsp3) is 1.00. The molecule has 0 bridgehead atoms. The molecule has 0 aromatic heterocycles. The van der Waals surface area contributed by atoms with Crippen LogP contribution in [0.25, 0.3) is 0 Å². The van der Waals surface area contributed by atoms with Crippen LogP contribution in [-0.2, 0) is 0 Å². The lowest BCUT2D eigenvalue weighted by Gasteiger charge is -2.16. The summed E-state index contributed by atoms with van der Waals surface area (Å²) in [7, 11) is 0. The zero-order valence-corrected chi connectivity index (χ0v) is 3.45. The molecule has 1 fully saturated rings. The highest BCUT2D eigenvalue weighted by molar-refractivity contribution is 4.65. The molecule has 1 rings (SSSR count). The molecule has 0 aromatic carbocycles. The van der Waals surface area contributed by atoms with Crippen molar-refractivity contribution in [2.75, 3.05) is 13.0 Å². The fourth-order valence-corrected chi connectivity index (χ4v) is 0.243. The highest BCUT2D eigenvalue weighted by Crippen LogP contribution is 1.99. The number of hydrogen-bond acceptors (Lipinski definition) is 2. The summed E-state index contributed by atoms with van der Waals surface area (Å²) in [4.78, 5) is 0. The van der Waals surface area contributed by atoms with E-state index in [-0.39, 0.29) is 0 Å². The first-order valence-corrected chi connectivity index (χ1v) is 1.72. The predicted octanol–water partition coefficient (Wildman–Crippen LogP) is -0.269. The average Bonchev–Trinajstić information content (AvgIpc) is 1.98. The first kappa shape index (κ1) is 0.957. The Morgan fingerprint density at radius 2 is 2.29 bits per heavy atom. The van der Waals surface area contributed by atoms with Crippen molar-refractivity contribution in [2.45, 2.75) is 18.8 Å². The van der Waals surface area contributed by atoms with Crippen LogP contribution in [0.2, 0.25) is 0 Å². The minimum Gasteiger partial charge on any atom is -0.393 e. The Balaban J connectivity index is 3.43. The minimum atomic E-state index is -3.56. The van der Waals surface area contributed by atoms with Gasteiger partial charge in [0, 0.05) is 11.0 Å². The normalized spacial score (nSPS) is 77.6. The Morgan fingerprint density at radius 1 is 1.71 bits per heavy atom. The topological polar surface area (TPSA) is 32.3 Å². The summed E-state index contributed by atoms with van der Waals surface area (Å²) in [5.41, 5.74) is 0. The Kier molecular flexibility index (Phi) is 0.312. The maximum absolute atomic E-state index is 9.50. The molecule has 0 spiro atoms. The summed E-state index contributed by atoms with van der Waals surface area (Å²) in [5, 5.41) is 11.0. The largest absolute Gasteiger partial charge is 0.393 e. The second-order valence-electron chi connectivity index (χ2n) is 0.974. The molecule has 7 heavy (non-hydrogen) atoms. The Bertz CT molecular complexity index is 283. The van der Waals surface area contributed by atoms with Crippen molar-refractivity contribution in [3.63, 3.8) is 0 Å². The van der Waals surface area contributed by atoms with Crippen LogP contribution in [0.1, 0.15) is 25.1 Å². The summed E-state index contributed by atoms with van der Waals surface area (Å²) in [6.45, 7) is -6.14. The van der Waals surface area contributed by atoms with Crippen molar-refractivity contribution >= 4 is 0 Å². The second-order valence-corrected chi connectivity index (χ2v) is 0.974. The first-order valence-electron chi connectivity index (χ1n) is 6.22. The van der Waals surface area contributed by atoms with Crippen LogP contribution in [0.4, 0.5) is 0 Å². The van der Waals surface area contributed by atoms with E-state index >= 15 is 0 Å². The Hall–Kier alpha value is -0.0800. The van der Waals surface area contributed by atoms with Gasteiger partial charge >= 0.3 is 0 Å². The quantitative estimate of drug-likeness (QED) is 0.450. The van der Waals surface area contributed by atoms with Gasteiger partial charge in [0.25, 0.3) is 0 Å². The lowest BCUT2D eigenvalue weighted by atomic mass is 10.1. The average molecular weight is 110 g/mol. The third-order valence-corrected chi connectivity index (χ3v) is 0.487. The Labute approximate surface area is 56.2 Å². The number of rotatable bonds is 0. The van der Waals surface area contributed by atoms with Crippen LogP contribution in [0.3, 0.4) is 0 Å². The number of hydrogen-bond donors (Lipinski definition) is 2. The molecule has 2 N–H and O–H groups in total. The number of nitrogens with one attached hydrogen (secondary N) is 1. The van der Waals surface area contributed by atoms with Crippen LogP contribution in [0, 0.1) is 0 Å². The van der Waals surface area contributed by atoms with Crippen LogP contribution >= 0.6 is 0 Å². The second kappa shape index (κ2) is 2.28. The highest BCUT2D eigenvalue weighted by Gasteiger charge is 2.06. The van der Waals surface area contributed by atoms with Gasteiger partial charge in [-0.25, -0.2) is 0 Å². The molecule has 1 aliphatic heterocycles. The molecule has 0 atom stereocenters. The summed E-state index contributed by atoms with van der Waals surface area (Å²) in [6.07, 6.45) is -10.2. The van der Waals surface area contributed by atoms with Crippen molar-refractivity contribution in [1.29, 1.82) is 0 Å². The van der Waals surface area contributed by atoms with E-state index in [0.717, 1.165) is 0 Å². The van der Waals surface area contributed by atoms with E-state index in [1.165, 1.54) is 5.32 Å². The molecule has 1 saturated heterocycles. The van der Waals surface area contributed by atoms with Crippen molar-refractivity contribution in [2.24, 2.45) is 0 Å². The van der Waals surface area contributed by atoms with Crippen LogP contribution in [0.15, 0.2) is 0 Å². The number of piperidine rings is 1. The van der Waals surface area contributed by atoms with E-state index in [0.29, 0.717) is 0 Å². The SMILES string of the molecule is [2H]C1([2H])NC([2H])([2H])C([2H])([2H])C([2H])(O)C1([2H])[2H]. The van der Waals surface area contributed by atoms with Gasteiger partial charge < -0.3 is 10.4 Å². The van der Waals surface area contributed by atoms with Gasteiger partial charge in [0.2, 0.25) is 0 Å². The minimum absolute atomic E-state index is 1.50. The smallest absolute Gasteiger partial charge is 0.0601 e. The van der Waals surface area contributed by atoms with Crippen LogP contribution < -0.4 is 5.32 Å². The summed E-state index contributed by atoms with van der Waals surface area (Å²) in [6, 6.07) is 0. The highest BCUT2D eigenvalue weighted by atomic mass is 16.3. The van der Waals surface area contributed by atoms with Gasteiger partial charge in [-0.3, -0.25) is 0 Å². The summed E-state index contributed by atoms with van der Waals surface area (Å²) in [5.74, 6) is 0. The van der Waals surface area contributed by atoms with Crippen molar-refractivity contribution in [3.05, 3.63) is 0 Å². The summed E-state index contributed by atoms with van der Waals surface area (Å²) >= 11 is 0. The fourth-order valence-electron chi connectivity index (χ4n) is 0.243. The van der Waals surface area contributed by atoms with Gasteiger partial charge in [0.05, 0.1) is 7.45 Å². The molecule has 0 radical (unpaired) electrons. The molecule has 0 unspecified atom stereocenters. The maximum Gasteiger partial charge on any atom is 0.0601 e. The van der Waals surface area contributed by atoms with E-state index in [1.54, 1.807) is 0 Å². The molecule has 1 aliphatic rings. The van der Waals surface area contributed by atoms with Gasteiger partial charge in [-0.05, 0) is 25.7 Å². The molecule has 0 amide bonds. The van der Waals surface area contributed by atoms with Gasteiger partial charge in [0.15, 0.2) is 0 Å². The number of aliphatic hydroxyl groups is 1. The van der Waals surface area contributed by atoms with Crippen LogP contribution in [-0.4, -0.2) is 24.2 Å². The molecule has 42 valence electrons. The van der Waals surface area contributed by atoms with E-state index in [9.17, 15) is 5.11 Å². The molecule has 0 aliphatic carbocycles. The van der Waals surface area contributed by atoms with E-state index in [4.69, 9.17) is 12.3 Å². The molecule has 0 aromatic rings. The third kappa shape index (κ3) is 1.45. The molecular formula is C5H11NO. The summed E-state index contributed by atoms with van der Waals surface area (Å²) < 4.78 is 65.1. The van der Waals surface area contributed by atoms with Crippen LogP contribution in [0.5, 0.6) is 0 Å². The predicted molar refractivity (Wildman–Crippen MR) is 28.1 cm³/mol. The lowest BCUT2D eigenvalue weighted by molar-refractivity contribution is 0.137. The third-order valence-electron chi connectivity index (χ3n) is 0.487. The van der Waals surface area contributed by atoms with Crippen molar-refractivity contribution in [3.8, 4) is 0 Å². The van der Waals surface area contributed by atoms with Gasteiger partial charge in [-0.1, -0.05) is 0 Å². The molecular weight excluding hydrogens is 90.1 g/mol. The molecule has 2 nitrogen and oxygen atoms in total. The zero-order chi connectivity index (χ0) is 13.2. The van der Waals surface area contributed by atoms with Crippen molar-refractivity contribution < 1.29 is 17.4 Å². The van der Waals surface area contributed by atoms with Gasteiger partial charge in [-0.2, -0.15) is 0 Å². The molecule has 0 saturated carbocycles. The van der Waals surface area contributed by atoms with Crippen molar-refractivity contribution in [1.82, 2.24) is 5.32 Å². The van der Waals surface area contributed by atoms with E-state index < -0.39 is 31.8 Å². The van der Waals surface area contributed by atoms with Gasteiger partial charge in [-0.15, -0.1) is 0 Å². The van der Waals surface area contributed by atoms with Gasteiger partial charge in [0.1, 0.15) is 0 Å². The molecule has 1 heterocycles. The Morgan fingerprint density at radius 3 is 2.86 bits per heavy atom. The van der Waals surface area contributed by atoms with E-state index in [2.05, 4.69) is 0 Å². The first-order chi connectivity index (χ1) is 6.71. The standard InChI is InChI=1S/C5H11NO/c7-5-1-3-6-4-2-5/h5-7H,1-4H2/i1D2,2D2,3D2,4D2,5D. The maximum atomic E-state index is 9.50. The molecule has 2 heteroatoms. The monoisotopic (exact) mass is 110 g/mol. The van der Waals surface area contributed by atoms with E-state index in [1.807, 2.05) is 0 Å². The lowest BCUT2D eigenvalue weighted by Crippen LogP contribution is -2.30.